The van der Waals surface area contributed by atoms with Gasteiger partial charge in [0.1, 0.15) is 5.82 Å². The second-order valence-electron chi connectivity index (χ2n) is 6.04. The molecule has 4 aromatic rings. The molecule has 1 aromatic carbocycles. The van der Waals surface area contributed by atoms with Crippen molar-refractivity contribution < 1.29 is 0 Å². The highest BCUT2D eigenvalue weighted by Crippen LogP contribution is 2.29. The Bertz CT molecular complexity index is 1040. The number of rotatable bonds is 4. The predicted octanol–water partition coefficient (Wildman–Crippen LogP) is 5.63. The molecule has 0 amide bonds. The van der Waals surface area contributed by atoms with Crippen LogP contribution in [-0.2, 0) is 0 Å². The zero-order valence-corrected chi connectivity index (χ0v) is 15.4. The molecule has 3 heterocycles. The maximum atomic E-state index is 4.68. The highest BCUT2D eigenvalue weighted by molar-refractivity contribution is 7.14. The van der Waals surface area contributed by atoms with E-state index in [0.29, 0.717) is 0 Å². The third-order valence-electron chi connectivity index (χ3n) is 4.13. The minimum absolute atomic E-state index is 0.813. The molecule has 0 spiro atoms. The standard InChI is InChI=1S/C21H18N4S/c1-14-5-3-7-20(23-14)25-21-24-19(13-26-21)17-10-8-16(9-11-17)18-6-4-12-22-15(18)2/h3-13H,1-2H3,(H,23,24,25). The van der Waals surface area contributed by atoms with Gasteiger partial charge in [-0.25, -0.2) is 9.97 Å². The van der Waals surface area contributed by atoms with Crippen molar-refractivity contribution in [1.82, 2.24) is 15.0 Å². The molecule has 3 aromatic heterocycles. The Morgan fingerprint density at radius 2 is 1.65 bits per heavy atom. The van der Waals surface area contributed by atoms with E-state index >= 15 is 0 Å². The first-order chi connectivity index (χ1) is 12.7. The molecule has 0 saturated heterocycles. The van der Waals surface area contributed by atoms with Crippen LogP contribution in [-0.4, -0.2) is 15.0 Å². The van der Waals surface area contributed by atoms with Crippen molar-refractivity contribution in [2.45, 2.75) is 13.8 Å². The van der Waals surface area contributed by atoms with Crippen molar-refractivity contribution in [1.29, 1.82) is 0 Å². The molecule has 0 bridgehead atoms. The number of anilines is 2. The average molecular weight is 358 g/mol. The summed E-state index contributed by atoms with van der Waals surface area (Å²) in [5, 5.41) is 6.16. The molecule has 0 aliphatic rings. The molecule has 26 heavy (non-hydrogen) atoms. The Balaban J connectivity index is 1.55. The fourth-order valence-electron chi connectivity index (χ4n) is 2.80. The lowest BCUT2D eigenvalue weighted by Crippen LogP contribution is -1.93. The molecule has 1 N–H and O–H groups in total. The van der Waals surface area contributed by atoms with E-state index in [-0.39, 0.29) is 0 Å². The summed E-state index contributed by atoms with van der Waals surface area (Å²) in [5.41, 5.74) is 6.39. The molecule has 0 atom stereocenters. The zero-order valence-electron chi connectivity index (χ0n) is 14.6. The van der Waals surface area contributed by atoms with Gasteiger partial charge in [-0.1, -0.05) is 36.4 Å². The summed E-state index contributed by atoms with van der Waals surface area (Å²) in [7, 11) is 0. The van der Waals surface area contributed by atoms with Crippen LogP contribution in [0.25, 0.3) is 22.4 Å². The molecular weight excluding hydrogens is 340 g/mol. The normalized spacial score (nSPS) is 10.7. The smallest absolute Gasteiger partial charge is 0.188 e. The van der Waals surface area contributed by atoms with Crippen molar-refractivity contribution in [2.75, 3.05) is 5.32 Å². The third-order valence-corrected chi connectivity index (χ3v) is 4.88. The molecule has 0 unspecified atom stereocenters. The summed E-state index contributed by atoms with van der Waals surface area (Å²) in [5.74, 6) is 0.813. The topological polar surface area (TPSA) is 50.7 Å². The Morgan fingerprint density at radius 3 is 2.42 bits per heavy atom. The van der Waals surface area contributed by atoms with E-state index in [0.717, 1.165) is 44.7 Å². The van der Waals surface area contributed by atoms with Crippen molar-refractivity contribution >= 4 is 22.3 Å². The predicted molar refractivity (Wildman–Crippen MR) is 108 cm³/mol. The molecule has 0 aliphatic carbocycles. The van der Waals surface area contributed by atoms with E-state index in [4.69, 9.17) is 0 Å². The van der Waals surface area contributed by atoms with E-state index < -0.39 is 0 Å². The van der Waals surface area contributed by atoms with Crippen molar-refractivity contribution in [3.05, 3.63) is 77.6 Å². The first-order valence-electron chi connectivity index (χ1n) is 8.38. The molecule has 128 valence electrons. The number of thiazole rings is 1. The number of nitrogens with one attached hydrogen (secondary N) is 1. The van der Waals surface area contributed by atoms with E-state index in [1.807, 2.05) is 44.3 Å². The van der Waals surface area contributed by atoms with Gasteiger partial charge >= 0.3 is 0 Å². The van der Waals surface area contributed by atoms with Gasteiger partial charge in [-0.15, -0.1) is 11.3 Å². The first kappa shape index (κ1) is 16.4. The average Bonchev–Trinajstić information content (AvgIpc) is 3.11. The summed E-state index contributed by atoms with van der Waals surface area (Å²) in [6, 6.07) is 18.4. The fourth-order valence-corrected chi connectivity index (χ4v) is 3.52. The van der Waals surface area contributed by atoms with Gasteiger partial charge < -0.3 is 5.32 Å². The van der Waals surface area contributed by atoms with Crippen LogP contribution >= 0.6 is 11.3 Å². The lowest BCUT2D eigenvalue weighted by atomic mass is 10.0. The Hall–Kier alpha value is -3.05. The number of hydrogen-bond donors (Lipinski definition) is 1. The third kappa shape index (κ3) is 3.48. The number of aryl methyl sites for hydroxylation is 2. The van der Waals surface area contributed by atoms with Crippen LogP contribution in [0, 0.1) is 13.8 Å². The fraction of sp³-hybridized carbons (Fsp3) is 0.0952. The Labute approximate surface area is 156 Å². The lowest BCUT2D eigenvalue weighted by molar-refractivity contribution is 1.19. The van der Waals surface area contributed by atoms with Crippen LogP contribution in [0.3, 0.4) is 0 Å². The van der Waals surface area contributed by atoms with Crippen LogP contribution in [0.5, 0.6) is 0 Å². The number of aromatic nitrogens is 3. The highest BCUT2D eigenvalue weighted by Gasteiger charge is 2.07. The number of pyridine rings is 2. The summed E-state index contributed by atoms with van der Waals surface area (Å²) < 4.78 is 0. The largest absolute Gasteiger partial charge is 0.316 e. The van der Waals surface area contributed by atoms with E-state index in [9.17, 15) is 0 Å². The van der Waals surface area contributed by atoms with Gasteiger partial charge in [0, 0.05) is 34.1 Å². The van der Waals surface area contributed by atoms with Gasteiger partial charge in [-0.3, -0.25) is 4.98 Å². The molecule has 0 radical (unpaired) electrons. The molecule has 0 saturated carbocycles. The lowest BCUT2D eigenvalue weighted by Gasteiger charge is -2.05. The van der Waals surface area contributed by atoms with Gasteiger partial charge in [0.15, 0.2) is 5.13 Å². The molecule has 0 fully saturated rings. The van der Waals surface area contributed by atoms with Gasteiger partial charge in [-0.2, -0.15) is 0 Å². The van der Waals surface area contributed by atoms with Crippen LogP contribution in [0.1, 0.15) is 11.4 Å². The molecule has 4 rings (SSSR count). The number of hydrogen-bond acceptors (Lipinski definition) is 5. The molecule has 5 heteroatoms. The van der Waals surface area contributed by atoms with Crippen molar-refractivity contribution in [3.8, 4) is 22.4 Å². The van der Waals surface area contributed by atoms with E-state index in [1.54, 1.807) is 11.3 Å². The Morgan fingerprint density at radius 1 is 0.846 bits per heavy atom. The molecule has 4 nitrogen and oxygen atoms in total. The molecular formula is C21H18N4S. The van der Waals surface area contributed by atoms with Gasteiger partial charge in [0.2, 0.25) is 0 Å². The second-order valence-corrected chi connectivity index (χ2v) is 6.90. The first-order valence-corrected chi connectivity index (χ1v) is 9.26. The van der Waals surface area contributed by atoms with E-state index in [1.165, 1.54) is 0 Å². The monoisotopic (exact) mass is 358 g/mol. The minimum atomic E-state index is 0.813. The van der Waals surface area contributed by atoms with Gasteiger partial charge in [0.05, 0.1) is 5.69 Å². The highest BCUT2D eigenvalue weighted by atomic mass is 32.1. The van der Waals surface area contributed by atoms with Gasteiger partial charge in [-0.05, 0) is 37.6 Å². The second kappa shape index (κ2) is 7.06. The van der Waals surface area contributed by atoms with E-state index in [2.05, 4.69) is 56.0 Å². The maximum Gasteiger partial charge on any atom is 0.188 e. The summed E-state index contributed by atoms with van der Waals surface area (Å²) in [4.78, 5) is 13.5. The minimum Gasteiger partial charge on any atom is -0.316 e. The zero-order chi connectivity index (χ0) is 17.9. The molecule has 0 aliphatic heterocycles. The van der Waals surface area contributed by atoms with Crippen molar-refractivity contribution in [3.63, 3.8) is 0 Å². The van der Waals surface area contributed by atoms with Crippen LogP contribution in [0.4, 0.5) is 10.9 Å². The van der Waals surface area contributed by atoms with Crippen LogP contribution in [0.2, 0.25) is 0 Å². The van der Waals surface area contributed by atoms with Crippen LogP contribution < -0.4 is 5.32 Å². The number of nitrogens with zero attached hydrogens (tertiary/aromatic N) is 3. The summed E-state index contributed by atoms with van der Waals surface area (Å²) in [6.07, 6.45) is 1.82. The summed E-state index contributed by atoms with van der Waals surface area (Å²) in [6.45, 7) is 4.00. The van der Waals surface area contributed by atoms with Gasteiger partial charge in [0.25, 0.3) is 0 Å². The SMILES string of the molecule is Cc1cccc(Nc2nc(-c3ccc(-c4cccnc4C)cc3)cs2)n1. The number of benzene rings is 1. The van der Waals surface area contributed by atoms with Crippen molar-refractivity contribution in [2.24, 2.45) is 0 Å². The van der Waals surface area contributed by atoms with Crippen LogP contribution in [0.15, 0.2) is 66.2 Å². The quantitative estimate of drug-likeness (QED) is 0.514. The summed E-state index contributed by atoms with van der Waals surface area (Å²) >= 11 is 1.58. The maximum absolute atomic E-state index is 4.68. The Kier molecular flexibility index (Phi) is 4.46.